The summed E-state index contributed by atoms with van der Waals surface area (Å²) < 4.78 is 13.3. The van der Waals surface area contributed by atoms with Crippen LogP contribution in [0.25, 0.3) is 10.9 Å². The Balaban J connectivity index is 1.77. The first-order chi connectivity index (χ1) is 12.4. The summed E-state index contributed by atoms with van der Waals surface area (Å²) in [5, 5.41) is 22.4. The van der Waals surface area contributed by atoms with Gasteiger partial charge in [0.25, 0.3) is 5.91 Å². The summed E-state index contributed by atoms with van der Waals surface area (Å²) in [7, 11) is 0. The molecule has 7 heteroatoms. The van der Waals surface area contributed by atoms with Gasteiger partial charge in [0.1, 0.15) is 11.5 Å². The smallest absolute Gasteiger partial charge is 0.357 e. The van der Waals surface area contributed by atoms with E-state index in [1.807, 2.05) is 6.07 Å². The number of aromatic amines is 1. The zero-order valence-corrected chi connectivity index (χ0v) is 13.7. The molecule has 0 spiro atoms. The zero-order valence-electron chi connectivity index (χ0n) is 13.7. The molecule has 0 fully saturated rings. The number of fused-ring (bicyclic) bond motifs is 1. The van der Waals surface area contributed by atoms with Crippen LogP contribution in [0.4, 0.5) is 4.39 Å². The molecular weight excluding hydrogens is 339 g/mol. The van der Waals surface area contributed by atoms with Crippen LogP contribution in [0.1, 0.15) is 22.5 Å². The second-order valence-corrected chi connectivity index (χ2v) is 6.02. The lowest BCUT2D eigenvalue weighted by Gasteiger charge is -2.24. The van der Waals surface area contributed by atoms with Gasteiger partial charge in [-0.05, 0) is 36.2 Å². The summed E-state index contributed by atoms with van der Waals surface area (Å²) >= 11 is 0. The SMILES string of the molecule is O=C(N[C@](O)(CCc1ccccc1)C(=O)O)c1cc2cc(F)ccc2[nH]1. The van der Waals surface area contributed by atoms with Gasteiger partial charge in [0.15, 0.2) is 0 Å². The number of H-pyrrole nitrogens is 1. The van der Waals surface area contributed by atoms with Crippen LogP contribution in [0.15, 0.2) is 54.6 Å². The minimum Gasteiger partial charge on any atom is -0.478 e. The lowest BCUT2D eigenvalue weighted by atomic mass is 10.0. The Morgan fingerprint density at radius 2 is 1.85 bits per heavy atom. The Morgan fingerprint density at radius 3 is 2.54 bits per heavy atom. The lowest BCUT2D eigenvalue weighted by molar-refractivity contribution is -0.161. The van der Waals surface area contributed by atoms with Gasteiger partial charge in [-0.25, -0.2) is 9.18 Å². The molecule has 0 unspecified atom stereocenters. The highest BCUT2D eigenvalue weighted by Crippen LogP contribution is 2.18. The van der Waals surface area contributed by atoms with Crippen LogP contribution < -0.4 is 5.32 Å². The molecule has 1 amide bonds. The van der Waals surface area contributed by atoms with Gasteiger partial charge in [-0.3, -0.25) is 4.79 Å². The number of rotatable bonds is 6. The number of amides is 1. The molecule has 3 aromatic rings. The van der Waals surface area contributed by atoms with Crippen LogP contribution in [0, 0.1) is 5.82 Å². The Labute approximate surface area is 148 Å². The molecule has 1 aromatic heterocycles. The number of aliphatic carboxylic acids is 1. The topological polar surface area (TPSA) is 102 Å². The third-order valence-electron chi connectivity index (χ3n) is 4.12. The number of aryl methyl sites for hydroxylation is 1. The molecule has 0 saturated heterocycles. The standard InChI is InChI=1S/C19H17FN2O4/c20-14-6-7-15-13(10-14)11-16(21-15)17(23)22-19(26,18(24)25)9-8-12-4-2-1-3-5-12/h1-7,10-11,21,26H,8-9H2,(H,22,23)(H,24,25)/t19-/m0/s1. The Morgan fingerprint density at radius 1 is 1.12 bits per heavy atom. The first-order valence-corrected chi connectivity index (χ1v) is 7.98. The van der Waals surface area contributed by atoms with E-state index in [9.17, 15) is 24.2 Å². The number of carboxylic acid groups (broad SMARTS) is 1. The van der Waals surface area contributed by atoms with Crippen LogP contribution in [0.2, 0.25) is 0 Å². The van der Waals surface area contributed by atoms with Crippen LogP contribution >= 0.6 is 0 Å². The molecule has 0 radical (unpaired) electrons. The normalized spacial score (nSPS) is 13.3. The predicted octanol–water partition coefficient (Wildman–Crippen LogP) is 2.44. The number of nitrogens with one attached hydrogen (secondary N) is 2. The number of hydrogen-bond donors (Lipinski definition) is 4. The maximum Gasteiger partial charge on any atom is 0.357 e. The van der Waals surface area contributed by atoms with Gasteiger partial charge >= 0.3 is 5.97 Å². The number of benzene rings is 2. The highest BCUT2D eigenvalue weighted by Gasteiger charge is 2.37. The quantitative estimate of drug-likeness (QED) is 0.510. The molecule has 0 bridgehead atoms. The molecule has 0 aliphatic carbocycles. The molecule has 3 rings (SSSR count). The van der Waals surface area contributed by atoms with Gasteiger partial charge in [-0.1, -0.05) is 30.3 Å². The second-order valence-electron chi connectivity index (χ2n) is 6.02. The van der Waals surface area contributed by atoms with E-state index in [1.165, 1.54) is 24.3 Å². The third-order valence-corrected chi connectivity index (χ3v) is 4.12. The Kier molecular flexibility index (Phi) is 4.73. The monoisotopic (exact) mass is 356 g/mol. The van der Waals surface area contributed by atoms with Gasteiger partial charge in [-0.2, -0.15) is 0 Å². The van der Waals surface area contributed by atoms with Gasteiger partial charge in [0.2, 0.25) is 5.72 Å². The van der Waals surface area contributed by atoms with Crippen molar-refractivity contribution in [3.63, 3.8) is 0 Å². The fourth-order valence-corrected chi connectivity index (χ4v) is 2.67. The summed E-state index contributed by atoms with van der Waals surface area (Å²) in [6.07, 6.45) is 0.0643. The predicted molar refractivity (Wildman–Crippen MR) is 93.1 cm³/mol. The van der Waals surface area contributed by atoms with Crippen molar-refractivity contribution >= 4 is 22.8 Å². The number of halogens is 1. The Hall–Kier alpha value is -3.19. The highest BCUT2D eigenvalue weighted by atomic mass is 19.1. The minimum absolute atomic E-state index is 0.0324. The van der Waals surface area contributed by atoms with Crippen molar-refractivity contribution in [1.29, 1.82) is 0 Å². The summed E-state index contributed by atoms with van der Waals surface area (Å²) in [6, 6.07) is 14.4. The molecule has 2 aromatic carbocycles. The molecule has 6 nitrogen and oxygen atoms in total. The first-order valence-electron chi connectivity index (χ1n) is 7.98. The number of aromatic nitrogens is 1. The van der Waals surface area contributed by atoms with Gasteiger partial charge in [0.05, 0.1) is 0 Å². The number of hydrogen-bond acceptors (Lipinski definition) is 3. The van der Waals surface area contributed by atoms with Crippen molar-refractivity contribution in [2.24, 2.45) is 0 Å². The third kappa shape index (κ3) is 3.73. The summed E-state index contributed by atoms with van der Waals surface area (Å²) in [5.41, 5.74) is -1.03. The number of aliphatic hydroxyl groups is 1. The fourth-order valence-electron chi connectivity index (χ4n) is 2.67. The molecule has 0 aliphatic heterocycles. The highest BCUT2D eigenvalue weighted by molar-refractivity contribution is 6.00. The van der Waals surface area contributed by atoms with E-state index in [-0.39, 0.29) is 18.5 Å². The van der Waals surface area contributed by atoms with Crippen molar-refractivity contribution in [1.82, 2.24) is 10.3 Å². The van der Waals surface area contributed by atoms with Gasteiger partial charge in [0, 0.05) is 17.3 Å². The Bertz CT molecular complexity index is 955. The molecule has 26 heavy (non-hydrogen) atoms. The average Bonchev–Trinajstić information content (AvgIpc) is 3.04. The van der Waals surface area contributed by atoms with E-state index < -0.39 is 23.4 Å². The van der Waals surface area contributed by atoms with E-state index in [0.717, 1.165) is 5.56 Å². The summed E-state index contributed by atoms with van der Waals surface area (Å²) in [4.78, 5) is 26.6. The lowest BCUT2D eigenvalue weighted by Crippen LogP contribution is -2.55. The molecule has 1 atom stereocenters. The molecule has 0 aliphatic rings. The van der Waals surface area contributed by atoms with Crippen LogP contribution in [-0.4, -0.2) is 32.8 Å². The van der Waals surface area contributed by atoms with Crippen LogP contribution in [-0.2, 0) is 11.2 Å². The maximum atomic E-state index is 13.3. The molecule has 1 heterocycles. The van der Waals surface area contributed by atoms with E-state index in [4.69, 9.17) is 0 Å². The van der Waals surface area contributed by atoms with Crippen molar-refractivity contribution in [2.45, 2.75) is 18.6 Å². The molecular formula is C19H17FN2O4. The van der Waals surface area contributed by atoms with Gasteiger partial charge in [-0.15, -0.1) is 0 Å². The zero-order chi connectivity index (χ0) is 18.7. The number of carbonyl (C=O) groups excluding carboxylic acids is 1. The maximum absolute atomic E-state index is 13.3. The van der Waals surface area contributed by atoms with Crippen molar-refractivity contribution in [3.8, 4) is 0 Å². The molecule has 134 valence electrons. The van der Waals surface area contributed by atoms with E-state index in [1.54, 1.807) is 24.3 Å². The van der Waals surface area contributed by atoms with E-state index in [2.05, 4.69) is 10.3 Å². The van der Waals surface area contributed by atoms with Crippen molar-refractivity contribution in [3.05, 3.63) is 71.7 Å². The van der Waals surface area contributed by atoms with Crippen molar-refractivity contribution in [2.75, 3.05) is 0 Å². The van der Waals surface area contributed by atoms with Crippen LogP contribution in [0.3, 0.4) is 0 Å². The molecule has 4 N–H and O–H groups in total. The average molecular weight is 356 g/mol. The van der Waals surface area contributed by atoms with Gasteiger partial charge < -0.3 is 20.5 Å². The number of carbonyl (C=O) groups is 2. The minimum atomic E-state index is -2.42. The van der Waals surface area contributed by atoms with Crippen LogP contribution in [0.5, 0.6) is 0 Å². The second kappa shape index (κ2) is 6.97. The fraction of sp³-hybridized carbons (Fsp3) is 0.158. The summed E-state index contributed by atoms with van der Waals surface area (Å²) in [5.74, 6) is -2.79. The van der Waals surface area contributed by atoms with E-state index in [0.29, 0.717) is 10.9 Å². The first kappa shape index (κ1) is 17.6. The van der Waals surface area contributed by atoms with Crippen molar-refractivity contribution < 1.29 is 24.2 Å². The van der Waals surface area contributed by atoms with E-state index >= 15 is 0 Å². The molecule has 0 saturated carbocycles. The largest absolute Gasteiger partial charge is 0.478 e. The number of carboxylic acids is 1. The summed E-state index contributed by atoms with van der Waals surface area (Å²) in [6.45, 7) is 0.